The first-order valence-electron chi connectivity index (χ1n) is 8.14. The smallest absolute Gasteiger partial charge is 0.266 e. The van der Waals surface area contributed by atoms with Crippen LogP contribution in [-0.4, -0.2) is 40.9 Å². The standard InChI is InChI=1S/C16H26N4O2/c1-11(2)14(21)10-20-9-12(8-17)15(22)19-16(20)18-13-6-4-3-5-7-13/h9,11,13-14,16,18,21H,3-7,10H2,1-2H3,(H,19,22)/t14-,16-/m1/s1. The number of hydrogen-bond acceptors (Lipinski definition) is 5. The second-order valence-electron chi connectivity index (χ2n) is 6.54. The largest absolute Gasteiger partial charge is 0.391 e. The van der Waals surface area contributed by atoms with Gasteiger partial charge in [0.2, 0.25) is 0 Å². The van der Waals surface area contributed by atoms with Gasteiger partial charge in [-0.25, -0.2) is 0 Å². The number of nitrogens with one attached hydrogen (secondary N) is 2. The van der Waals surface area contributed by atoms with Crippen LogP contribution in [0.15, 0.2) is 11.8 Å². The molecule has 122 valence electrons. The van der Waals surface area contributed by atoms with E-state index in [-0.39, 0.29) is 23.7 Å². The molecule has 6 nitrogen and oxygen atoms in total. The summed E-state index contributed by atoms with van der Waals surface area (Å²) in [6, 6.07) is 2.28. The van der Waals surface area contributed by atoms with Gasteiger partial charge in [0.1, 0.15) is 11.6 Å². The van der Waals surface area contributed by atoms with Gasteiger partial charge in [-0.1, -0.05) is 33.1 Å². The molecule has 2 rings (SSSR count). The van der Waals surface area contributed by atoms with Crippen molar-refractivity contribution in [3.8, 4) is 6.07 Å². The van der Waals surface area contributed by atoms with Crippen LogP contribution in [0.4, 0.5) is 0 Å². The van der Waals surface area contributed by atoms with Crippen molar-refractivity contribution in [3.63, 3.8) is 0 Å². The Labute approximate surface area is 132 Å². The molecule has 1 fully saturated rings. The average Bonchev–Trinajstić information content (AvgIpc) is 2.50. The van der Waals surface area contributed by atoms with E-state index in [0.29, 0.717) is 12.6 Å². The molecule has 1 amide bonds. The zero-order valence-electron chi connectivity index (χ0n) is 13.4. The lowest BCUT2D eigenvalue weighted by atomic mass is 9.95. The average molecular weight is 306 g/mol. The molecule has 1 aliphatic heterocycles. The molecular formula is C16H26N4O2. The first kappa shape index (κ1) is 16.8. The summed E-state index contributed by atoms with van der Waals surface area (Å²) >= 11 is 0. The molecule has 1 saturated carbocycles. The number of aliphatic hydroxyl groups is 1. The van der Waals surface area contributed by atoms with Gasteiger partial charge in [0.05, 0.1) is 6.10 Å². The monoisotopic (exact) mass is 306 g/mol. The number of nitrogens with zero attached hydrogens (tertiary/aromatic N) is 2. The van der Waals surface area contributed by atoms with Crippen LogP contribution in [0.2, 0.25) is 0 Å². The molecular weight excluding hydrogens is 280 g/mol. The highest BCUT2D eigenvalue weighted by Gasteiger charge is 2.30. The van der Waals surface area contributed by atoms with E-state index >= 15 is 0 Å². The molecule has 6 heteroatoms. The van der Waals surface area contributed by atoms with Gasteiger partial charge in [-0.3, -0.25) is 10.1 Å². The van der Waals surface area contributed by atoms with Crippen molar-refractivity contribution >= 4 is 5.91 Å². The quantitative estimate of drug-likeness (QED) is 0.706. The van der Waals surface area contributed by atoms with E-state index in [4.69, 9.17) is 5.26 Å². The van der Waals surface area contributed by atoms with Gasteiger partial charge < -0.3 is 15.3 Å². The molecule has 2 aliphatic rings. The molecule has 0 radical (unpaired) electrons. The molecule has 0 unspecified atom stereocenters. The first-order chi connectivity index (χ1) is 10.5. The number of nitriles is 1. The van der Waals surface area contributed by atoms with E-state index < -0.39 is 6.10 Å². The maximum absolute atomic E-state index is 11.9. The van der Waals surface area contributed by atoms with Crippen LogP contribution in [0.25, 0.3) is 0 Å². The first-order valence-corrected chi connectivity index (χ1v) is 8.14. The molecule has 0 aromatic rings. The Morgan fingerprint density at radius 3 is 2.73 bits per heavy atom. The summed E-state index contributed by atoms with van der Waals surface area (Å²) in [5.41, 5.74) is 0.0812. The number of rotatable bonds is 5. The Bertz CT molecular complexity index is 463. The topological polar surface area (TPSA) is 88.4 Å². The highest BCUT2D eigenvalue weighted by molar-refractivity contribution is 5.97. The minimum atomic E-state index is -0.512. The third kappa shape index (κ3) is 4.21. The molecule has 3 N–H and O–H groups in total. The fraction of sp³-hybridized carbons (Fsp3) is 0.750. The van der Waals surface area contributed by atoms with Gasteiger partial charge in [-0.2, -0.15) is 5.26 Å². The van der Waals surface area contributed by atoms with Crippen molar-refractivity contribution in [2.75, 3.05) is 6.54 Å². The van der Waals surface area contributed by atoms with Crippen molar-refractivity contribution < 1.29 is 9.90 Å². The lowest BCUT2D eigenvalue weighted by Gasteiger charge is -2.39. The lowest BCUT2D eigenvalue weighted by molar-refractivity contribution is -0.120. The second-order valence-corrected chi connectivity index (χ2v) is 6.54. The van der Waals surface area contributed by atoms with E-state index in [0.717, 1.165) is 12.8 Å². The molecule has 22 heavy (non-hydrogen) atoms. The number of carbonyl (C=O) groups is 1. The van der Waals surface area contributed by atoms with Crippen LogP contribution in [0.5, 0.6) is 0 Å². The van der Waals surface area contributed by atoms with Crippen molar-refractivity contribution in [2.45, 2.75) is 64.4 Å². The third-order valence-corrected chi connectivity index (χ3v) is 4.43. The Kier molecular flexibility index (Phi) is 5.81. The maximum Gasteiger partial charge on any atom is 0.266 e. The Balaban J connectivity index is 2.08. The number of β-amino-alcohol motifs (C(OH)–C–C–N with tert-alkyl or cyclic N) is 1. The summed E-state index contributed by atoms with van der Waals surface area (Å²) < 4.78 is 0. The van der Waals surface area contributed by atoms with Gasteiger partial charge >= 0.3 is 0 Å². The van der Waals surface area contributed by atoms with Crippen molar-refractivity contribution in [2.24, 2.45) is 5.92 Å². The van der Waals surface area contributed by atoms with E-state index in [2.05, 4.69) is 10.6 Å². The second kappa shape index (κ2) is 7.61. The molecule has 0 aromatic carbocycles. The number of aliphatic hydroxyl groups excluding tert-OH is 1. The SMILES string of the molecule is CC(C)[C@H](O)CN1C=C(C#N)C(=O)N[C@H]1NC1CCCCC1. The number of hydrogen-bond donors (Lipinski definition) is 3. The zero-order valence-corrected chi connectivity index (χ0v) is 13.4. The molecule has 1 aliphatic carbocycles. The van der Waals surface area contributed by atoms with Gasteiger partial charge in [0, 0.05) is 18.8 Å². The summed E-state index contributed by atoms with van der Waals surface area (Å²) in [5.74, 6) is -0.238. The number of amides is 1. The predicted octanol–water partition coefficient (Wildman–Crippen LogP) is 1.05. The summed E-state index contributed by atoms with van der Waals surface area (Å²) in [7, 11) is 0. The Hall–Kier alpha value is -1.58. The summed E-state index contributed by atoms with van der Waals surface area (Å²) in [6.45, 7) is 4.28. The van der Waals surface area contributed by atoms with Crippen LogP contribution in [0.3, 0.4) is 0 Å². The third-order valence-electron chi connectivity index (χ3n) is 4.43. The molecule has 0 aromatic heterocycles. The van der Waals surface area contributed by atoms with Crippen molar-refractivity contribution in [1.82, 2.24) is 15.5 Å². The van der Waals surface area contributed by atoms with Gasteiger partial charge in [0.15, 0.2) is 6.29 Å². The Morgan fingerprint density at radius 2 is 2.14 bits per heavy atom. The molecule has 1 heterocycles. The van der Waals surface area contributed by atoms with E-state index in [1.54, 1.807) is 6.20 Å². The van der Waals surface area contributed by atoms with Gasteiger partial charge in [-0.15, -0.1) is 0 Å². The van der Waals surface area contributed by atoms with E-state index in [1.165, 1.54) is 19.3 Å². The zero-order chi connectivity index (χ0) is 16.1. The van der Waals surface area contributed by atoms with Crippen LogP contribution in [0.1, 0.15) is 46.0 Å². The van der Waals surface area contributed by atoms with Crippen LogP contribution in [0, 0.1) is 17.2 Å². The van der Waals surface area contributed by atoms with E-state index in [1.807, 2.05) is 24.8 Å². The maximum atomic E-state index is 11.9. The highest BCUT2D eigenvalue weighted by Crippen LogP contribution is 2.19. The minimum absolute atomic E-state index is 0.0812. The molecule has 2 atom stereocenters. The summed E-state index contributed by atoms with van der Waals surface area (Å²) in [4.78, 5) is 13.7. The fourth-order valence-electron chi connectivity index (χ4n) is 2.88. The van der Waals surface area contributed by atoms with Crippen LogP contribution >= 0.6 is 0 Å². The lowest BCUT2D eigenvalue weighted by Crippen LogP contribution is -2.61. The van der Waals surface area contributed by atoms with Crippen molar-refractivity contribution in [1.29, 1.82) is 5.26 Å². The normalized spacial score (nSPS) is 24.7. The highest BCUT2D eigenvalue weighted by atomic mass is 16.3. The predicted molar refractivity (Wildman–Crippen MR) is 83.2 cm³/mol. The fourth-order valence-corrected chi connectivity index (χ4v) is 2.88. The molecule has 0 spiro atoms. The van der Waals surface area contributed by atoms with Crippen molar-refractivity contribution in [3.05, 3.63) is 11.8 Å². The van der Waals surface area contributed by atoms with Gasteiger partial charge in [-0.05, 0) is 18.8 Å². The molecule has 0 bridgehead atoms. The summed E-state index contributed by atoms with van der Waals surface area (Å²) in [5, 5.41) is 25.5. The van der Waals surface area contributed by atoms with E-state index in [9.17, 15) is 9.90 Å². The van der Waals surface area contributed by atoms with Crippen LogP contribution < -0.4 is 10.6 Å². The number of carbonyl (C=O) groups excluding carboxylic acids is 1. The minimum Gasteiger partial charge on any atom is -0.391 e. The summed E-state index contributed by atoms with van der Waals surface area (Å²) in [6.07, 6.45) is 6.55. The van der Waals surface area contributed by atoms with Crippen LogP contribution in [-0.2, 0) is 4.79 Å². The van der Waals surface area contributed by atoms with Gasteiger partial charge in [0.25, 0.3) is 5.91 Å². The molecule has 0 saturated heterocycles. The Morgan fingerprint density at radius 1 is 1.45 bits per heavy atom.